The molecule has 0 atom stereocenters. The van der Waals surface area contributed by atoms with Crippen LogP contribution in [0.3, 0.4) is 0 Å². The minimum atomic E-state index is -3.34. The average molecular weight is 418 g/mol. The summed E-state index contributed by atoms with van der Waals surface area (Å²) >= 11 is 0. The first-order valence-corrected chi connectivity index (χ1v) is 11.0. The maximum atomic E-state index is 12.7. The molecule has 1 heterocycles. The number of likely N-dealkylation sites (N-methyl/N-ethyl adjacent to an activating group) is 1. The molecule has 0 aromatic heterocycles. The van der Waals surface area contributed by atoms with Gasteiger partial charge in [0.05, 0.1) is 4.90 Å². The number of hydrogen-bond acceptors (Lipinski definition) is 6. The summed E-state index contributed by atoms with van der Waals surface area (Å²) in [6.07, 6.45) is 1.10. The first kappa shape index (κ1) is 20.7. The topological polar surface area (TPSA) is 102 Å². The molecule has 2 amide bonds. The van der Waals surface area contributed by atoms with Crippen molar-refractivity contribution in [3.63, 3.8) is 0 Å². The number of fused-ring (bicyclic) bond motifs is 1. The molecule has 1 aliphatic heterocycles. The van der Waals surface area contributed by atoms with E-state index >= 15 is 0 Å². The van der Waals surface area contributed by atoms with Crippen LogP contribution in [0.25, 0.3) is 0 Å². The van der Waals surface area contributed by atoms with E-state index in [9.17, 15) is 18.0 Å². The molecule has 0 unspecified atom stereocenters. The molecule has 29 heavy (non-hydrogen) atoms. The van der Waals surface area contributed by atoms with Crippen LogP contribution in [0.15, 0.2) is 47.4 Å². The van der Waals surface area contributed by atoms with Crippen molar-refractivity contribution in [3.8, 4) is 11.5 Å². The third-order valence-electron chi connectivity index (χ3n) is 4.36. The molecule has 3 rings (SSSR count). The van der Waals surface area contributed by atoms with Gasteiger partial charge in [-0.05, 0) is 43.3 Å². The fourth-order valence-corrected chi connectivity index (χ4v) is 3.48. The Labute approximate surface area is 169 Å². The van der Waals surface area contributed by atoms with Gasteiger partial charge < -0.3 is 19.7 Å². The van der Waals surface area contributed by atoms with E-state index in [4.69, 9.17) is 9.47 Å². The van der Waals surface area contributed by atoms with Crippen molar-refractivity contribution in [3.05, 3.63) is 48.0 Å². The smallest absolute Gasteiger partial charge is 0.254 e. The van der Waals surface area contributed by atoms with E-state index in [1.54, 1.807) is 25.1 Å². The number of ether oxygens (including phenoxy) is 2. The van der Waals surface area contributed by atoms with E-state index < -0.39 is 9.84 Å². The minimum Gasteiger partial charge on any atom is -0.486 e. The van der Waals surface area contributed by atoms with Crippen LogP contribution in [-0.2, 0) is 14.6 Å². The van der Waals surface area contributed by atoms with Crippen LogP contribution in [-0.4, -0.2) is 57.7 Å². The molecular formula is C20H22N2O6S. The molecule has 9 heteroatoms. The molecule has 1 aliphatic rings. The van der Waals surface area contributed by atoms with Crippen molar-refractivity contribution in [2.45, 2.75) is 11.8 Å². The Hall–Kier alpha value is -3.07. The third kappa shape index (κ3) is 5.05. The summed E-state index contributed by atoms with van der Waals surface area (Å²) in [5.41, 5.74) is 0.853. The monoisotopic (exact) mass is 418 g/mol. The highest BCUT2D eigenvalue weighted by Crippen LogP contribution is 2.32. The van der Waals surface area contributed by atoms with Crippen molar-refractivity contribution >= 4 is 27.3 Å². The number of rotatable bonds is 6. The zero-order chi connectivity index (χ0) is 21.0. The Morgan fingerprint density at radius 3 is 2.31 bits per heavy atom. The SMILES string of the molecule is CCN(CC(=O)Nc1ccc2c(c1)OCCO2)C(=O)c1ccc(S(C)(=O)=O)cc1. The zero-order valence-corrected chi connectivity index (χ0v) is 17.0. The number of nitrogens with zero attached hydrogens (tertiary/aromatic N) is 1. The Bertz CT molecular complexity index is 1020. The van der Waals surface area contributed by atoms with Crippen LogP contribution in [0.2, 0.25) is 0 Å². The molecule has 0 fully saturated rings. The van der Waals surface area contributed by atoms with E-state index in [-0.39, 0.29) is 23.3 Å². The van der Waals surface area contributed by atoms with Crippen molar-refractivity contribution in [2.24, 2.45) is 0 Å². The summed E-state index contributed by atoms with van der Waals surface area (Å²) in [6.45, 7) is 2.87. The number of amides is 2. The van der Waals surface area contributed by atoms with Crippen LogP contribution >= 0.6 is 0 Å². The van der Waals surface area contributed by atoms with Gasteiger partial charge in [-0.3, -0.25) is 9.59 Å². The first-order valence-electron chi connectivity index (χ1n) is 9.07. The van der Waals surface area contributed by atoms with E-state index in [0.29, 0.717) is 42.5 Å². The molecule has 154 valence electrons. The predicted octanol–water partition coefficient (Wildman–Crippen LogP) is 1.96. The highest BCUT2D eigenvalue weighted by molar-refractivity contribution is 7.90. The van der Waals surface area contributed by atoms with Crippen molar-refractivity contribution in [1.82, 2.24) is 4.90 Å². The molecule has 0 spiro atoms. The predicted molar refractivity (Wildman–Crippen MR) is 107 cm³/mol. The van der Waals surface area contributed by atoms with Crippen LogP contribution in [0.5, 0.6) is 11.5 Å². The van der Waals surface area contributed by atoms with E-state index in [1.807, 2.05) is 0 Å². The van der Waals surface area contributed by atoms with E-state index in [2.05, 4.69) is 5.32 Å². The Morgan fingerprint density at radius 1 is 1.03 bits per heavy atom. The molecule has 0 saturated carbocycles. The van der Waals surface area contributed by atoms with Gasteiger partial charge in [0, 0.05) is 30.1 Å². The van der Waals surface area contributed by atoms with Gasteiger partial charge in [0.25, 0.3) is 5.91 Å². The van der Waals surface area contributed by atoms with Crippen LogP contribution < -0.4 is 14.8 Å². The van der Waals surface area contributed by atoms with Gasteiger partial charge in [-0.25, -0.2) is 8.42 Å². The Kier molecular flexibility index (Phi) is 6.07. The quantitative estimate of drug-likeness (QED) is 0.770. The first-order chi connectivity index (χ1) is 13.8. The molecule has 2 aromatic rings. The van der Waals surface area contributed by atoms with Crippen molar-refractivity contribution < 1.29 is 27.5 Å². The lowest BCUT2D eigenvalue weighted by Crippen LogP contribution is -2.37. The maximum absolute atomic E-state index is 12.7. The second kappa shape index (κ2) is 8.52. The summed E-state index contributed by atoms with van der Waals surface area (Å²) in [5, 5.41) is 2.74. The number of carbonyl (C=O) groups excluding carboxylic acids is 2. The molecule has 0 aliphatic carbocycles. The summed E-state index contributed by atoms with van der Waals surface area (Å²) in [4.78, 5) is 26.6. The van der Waals surface area contributed by atoms with E-state index in [1.165, 1.54) is 29.2 Å². The number of sulfone groups is 1. The van der Waals surface area contributed by atoms with Crippen LogP contribution in [0.1, 0.15) is 17.3 Å². The molecule has 8 nitrogen and oxygen atoms in total. The summed E-state index contributed by atoms with van der Waals surface area (Å²) in [6, 6.07) is 10.7. The number of carbonyl (C=O) groups is 2. The summed E-state index contributed by atoms with van der Waals surface area (Å²) < 4.78 is 34.0. The summed E-state index contributed by atoms with van der Waals surface area (Å²) in [5.74, 6) is 0.468. The minimum absolute atomic E-state index is 0.133. The van der Waals surface area contributed by atoms with Crippen LogP contribution in [0, 0.1) is 0 Å². The van der Waals surface area contributed by atoms with Gasteiger partial charge in [-0.2, -0.15) is 0 Å². The second-order valence-corrected chi connectivity index (χ2v) is 8.54. The lowest BCUT2D eigenvalue weighted by Gasteiger charge is -2.21. The standard InChI is InChI=1S/C20H22N2O6S/c1-3-22(20(24)14-4-7-16(8-5-14)29(2,25)26)13-19(23)21-15-6-9-17-18(12-15)28-11-10-27-17/h4-9,12H,3,10-11,13H2,1-2H3,(H,21,23). The highest BCUT2D eigenvalue weighted by atomic mass is 32.2. The third-order valence-corrected chi connectivity index (χ3v) is 5.49. The normalized spacial score (nSPS) is 12.9. The summed E-state index contributed by atoms with van der Waals surface area (Å²) in [7, 11) is -3.34. The van der Waals surface area contributed by atoms with Gasteiger partial charge >= 0.3 is 0 Å². The molecule has 2 aromatic carbocycles. The Morgan fingerprint density at radius 2 is 1.69 bits per heavy atom. The van der Waals surface area contributed by atoms with Gasteiger partial charge in [0.15, 0.2) is 21.3 Å². The van der Waals surface area contributed by atoms with Gasteiger partial charge in [0.2, 0.25) is 5.91 Å². The largest absolute Gasteiger partial charge is 0.486 e. The van der Waals surface area contributed by atoms with Gasteiger partial charge in [-0.15, -0.1) is 0 Å². The average Bonchev–Trinajstić information content (AvgIpc) is 2.71. The molecule has 0 saturated heterocycles. The fraction of sp³-hybridized carbons (Fsp3) is 0.300. The number of anilines is 1. The van der Waals surface area contributed by atoms with Crippen LogP contribution in [0.4, 0.5) is 5.69 Å². The molecule has 1 N–H and O–H groups in total. The number of nitrogens with one attached hydrogen (secondary N) is 1. The zero-order valence-electron chi connectivity index (χ0n) is 16.2. The van der Waals surface area contributed by atoms with Crippen molar-refractivity contribution in [2.75, 3.05) is 37.9 Å². The van der Waals surface area contributed by atoms with E-state index in [0.717, 1.165) is 6.26 Å². The van der Waals surface area contributed by atoms with Crippen molar-refractivity contribution in [1.29, 1.82) is 0 Å². The lowest BCUT2D eigenvalue weighted by molar-refractivity contribution is -0.116. The fourth-order valence-electron chi connectivity index (χ4n) is 2.85. The molecule has 0 radical (unpaired) electrons. The highest BCUT2D eigenvalue weighted by Gasteiger charge is 2.19. The Balaban J connectivity index is 1.65. The van der Waals surface area contributed by atoms with Gasteiger partial charge in [0.1, 0.15) is 19.8 Å². The molecule has 0 bridgehead atoms. The van der Waals surface area contributed by atoms with Gasteiger partial charge in [-0.1, -0.05) is 0 Å². The number of hydrogen-bond donors (Lipinski definition) is 1. The lowest BCUT2D eigenvalue weighted by atomic mass is 10.2. The second-order valence-electron chi connectivity index (χ2n) is 6.52. The molecular weight excluding hydrogens is 396 g/mol. The number of benzene rings is 2. The maximum Gasteiger partial charge on any atom is 0.254 e.